The van der Waals surface area contributed by atoms with E-state index in [0.29, 0.717) is 18.9 Å². The summed E-state index contributed by atoms with van der Waals surface area (Å²) in [5, 5.41) is 2.93. The first kappa shape index (κ1) is 14.0. The summed E-state index contributed by atoms with van der Waals surface area (Å²) in [7, 11) is 0. The molecule has 4 heteroatoms. The van der Waals surface area contributed by atoms with E-state index in [1.54, 1.807) is 0 Å². The number of carbonyl (C=O) groups is 1. The molecule has 3 N–H and O–H groups in total. The van der Waals surface area contributed by atoms with Gasteiger partial charge in [-0.15, -0.1) is 0 Å². The molecule has 1 saturated heterocycles. The van der Waals surface area contributed by atoms with Gasteiger partial charge in [0, 0.05) is 13.2 Å². The van der Waals surface area contributed by atoms with Crippen LogP contribution in [0.5, 0.6) is 0 Å². The lowest BCUT2D eigenvalue weighted by molar-refractivity contribution is -0.122. The molecule has 1 aliphatic heterocycles. The standard InChI is InChI=1S/C15H22N2O2/c16-14(9-12-5-2-1-3-6-12)15(18)17-10-13-7-4-8-19-11-13/h1-3,5-6,13-14H,4,7-11,16H2,(H,17,18)/t13?,14-/m1/s1. The van der Waals surface area contributed by atoms with E-state index in [9.17, 15) is 4.79 Å². The summed E-state index contributed by atoms with van der Waals surface area (Å²) in [6, 6.07) is 9.37. The van der Waals surface area contributed by atoms with Crippen LogP contribution in [0.1, 0.15) is 18.4 Å². The molecular weight excluding hydrogens is 240 g/mol. The third kappa shape index (κ3) is 4.65. The van der Waals surface area contributed by atoms with Gasteiger partial charge in [0.25, 0.3) is 0 Å². The molecule has 19 heavy (non-hydrogen) atoms. The molecule has 0 spiro atoms. The summed E-state index contributed by atoms with van der Waals surface area (Å²) in [5.41, 5.74) is 7.01. The highest BCUT2D eigenvalue weighted by molar-refractivity contribution is 5.81. The second kappa shape index (κ2) is 7.26. The maximum atomic E-state index is 11.9. The molecule has 0 bridgehead atoms. The predicted molar refractivity (Wildman–Crippen MR) is 74.7 cm³/mol. The summed E-state index contributed by atoms with van der Waals surface area (Å²) in [6.07, 6.45) is 2.78. The van der Waals surface area contributed by atoms with Gasteiger partial charge >= 0.3 is 0 Å². The lowest BCUT2D eigenvalue weighted by Crippen LogP contribution is -2.44. The molecule has 1 aromatic rings. The van der Waals surface area contributed by atoms with Crippen LogP contribution in [0.2, 0.25) is 0 Å². The van der Waals surface area contributed by atoms with Gasteiger partial charge in [-0.2, -0.15) is 0 Å². The van der Waals surface area contributed by atoms with Crippen molar-refractivity contribution in [2.75, 3.05) is 19.8 Å². The normalized spacial score (nSPS) is 20.8. The Morgan fingerprint density at radius 2 is 2.21 bits per heavy atom. The van der Waals surface area contributed by atoms with Crippen LogP contribution in [-0.2, 0) is 16.0 Å². The van der Waals surface area contributed by atoms with Gasteiger partial charge in [0.05, 0.1) is 12.6 Å². The second-order valence-corrected chi connectivity index (χ2v) is 5.12. The predicted octanol–water partition coefficient (Wildman–Crippen LogP) is 1.10. The molecule has 0 saturated carbocycles. The Bertz CT molecular complexity index is 388. The van der Waals surface area contributed by atoms with E-state index < -0.39 is 6.04 Å². The fraction of sp³-hybridized carbons (Fsp3) is 0.533. The van der Waals surface area contributed by atoms with Crippen molar-refractivity contribution in [3.05, 3.63) is 35.9 Å². The SMILES string of the molecule is N[C@H](Cc1ccccc1)C(=O)NCC1CCCOC1. The quantitative estimate of drug-likeness (QED) is 0.835. The Labute approximate surface area is 114 Å². The minimum Gasteiger partial charge on any atom is -0.381 e. The largest absolute Gasteiger partial charge is 0.381 e. The van der Waals surface area contributed by atoms with Crippen molar-refractivity contribution < 1.29 is 9.53 Å². The minimum absolute atomic E-state index is 0.0746. The molecule has 1 aromatic carbocycles. The van der Waals surface area contributed by atoms with E-state index in [0.717, 1.165) is 31.6 Å². The highest BCUT2D eigenvalue weighted by atomic mass is 16.5. The number of ether oxygens (including phenoxy) is 1. The fourth-order valence-corrected chi connectivity index (χ4v) is 2.31. The summed E-state index contributed by atoms with van der Waals surface area (Å²) in [5.74, 6) is 0.357. The molecular formula is C15H22N2O2. The molecule has 1 heterocycles. The van der Waals surface area contributed by atoms with Gasteiger partial charge in [-0.05, 0) is 30.7 Å². The van der Waals surface area contributed by atoms with Gasteiger partial charge in [-0.25, -0.2) is 0 Å². The van der Waals surface area contributed by atoms with Gasteiger partial charge in [0.1, 0.15) is 0 Å². The molecule has 2 rings (SSSR count). The monoisotopic (exact) mass is 262 g/mol. The molecule has 0 radical (unpaired) electrons. The summed E-state index contributed by atoms with van der Waals surface area (Å²) >= 11 is 0. The molecule has 0 aliphatic carbocycles. The van der Waals surface area contributed by atoms with Crippen LogP contribution in [0.3, 0.4) is 0 Å². The number of rotatable bonds is 5. The minimum atomic E-state index is -0.480. The van der Waals surface area contributed by atoms with Crippen LogP contribution in [0.4, 0.5) is 0 Å². The van der Waals surface area contributed by atoms with Gasteiger partial charge in [0.15, 0.2) is 0 Å². The van der Waals surface area contributed by atoms with Crippen LogP contribution < -0.4 is 11.1 Å². The number of amides is 1. The topological polar surface area (TPSA) is 64.4 Å². The van der Waals surface area contributed by atoms with Crippen molar-refractivity contribution in [3.8, 4) is 0 Å². The highest BCUT2D eigenvalue weighted by Gasteiger charge is 2.18. The van der Waals surface area contributed by atoms with Crippen LogP contribution in [0, 0.1) is 5.92 Å². The Morgan fingerprint density at radius 3 is 2.89 bits per heavy atom. The molecule has 2 atom stereocenters. The molecule has 4 nitrogen and oxygen atoms in total. The number of hydrogen-bond acceptors (Lipinski definition) is 3. The third-order valence-corrected chi connectivity index (χ3v) is 3.45. The zero-order valence-electron chi connectivity index (χ0n) is 11.2. The highest BCUT2D eigenvalue weighted by Crippen LogP contribution is 2.12. The van der Waals surface area contributed by atoms with Crippen molar-refractivity contribution in [1.29, 1.82) is 0 Å². The van der Waals surface area contributed by atoms with Crippen LogP contribution >= 0.6 is 0 Å². The van der Waals surface area contributed by atoms with Gasteiger partial charge in [0.2, 0.25) is 5.91 Å². The number of nitrogens with one attached hydrogen (secondary N) is 1. The van der Waals surface area contributed by atoms with Gasteiger partial charge < -0.3 is 15.8 Å². The Balaban J connectivity index is 1.73. The molecule has 1 fully saturated rings. The number of hydrogen-bond donors (Lipinski definition) is 2. The lowest BCUT2D eigenvalue weighted by Gasteiger charge is -2.23. The van der Waals surface area contributed by atoms with Crippen molar-refractivity contribution >= 4 is 5.91 Å². The van der Waals surface area contributed by atoms with Crippen LogP contribution in [-0.4, -0.2) is 31.7 Å². The lowest BCUT2D eigenvalue weighted by atomic mass is 10.0. The molecule has 0 aromatic heterocycles. The van der Waals surface area contributed by atoms with Crippen molar-refractivity contribution in [3.63, 3.8) is 0 Å². The van der Waals surface area contributed by atoms with E-state index in [1.807, 2.05) is 30.3 Å². The molecule has 1 unspecified atom stereocenters. The second-order valence-electron chi connectivity index (χ2n) is 5.12. The average molecular weight is 262 g/mol. The number of carbonyl (C=O) groups excluding carboxylic acids is 1. The van der Waals surface area contributed by atoms with E-state index in [1.165, 1.54) is 0 Å². The Morgan fingerprint density at radius 1 is 1.42 bits per heavy atom. The average Bonchev–Trinajstić information content (AvgIpc) is 2.47. The van der Waals surface area contributed by atoms with Crippen LogP contribution in [0.25, 0.3) is 0 Å². The first-order valence-electron chi connectivity index (χ1n) is 6.90. The Kier molecular flexibility index (Phi) is 5.36. The van der Waals surface area contributed by atoms with E-state index in [4.69, 9.17) is 10.5 Å². The van der Waals surface area contributed by atoms with E-state index in [-0.39, 0.29) is 5.91 Å². The molecule has 104 valence electrons. The first-order chi connectivity index (χ1) is 9.25. The van der Waals surface area contributed by atoms with Crippen molar-refractivity contribution in [2.45, 2.75) is 25.3 Å². The Hall–Kier alpha value is -1.39. The zero-order valence-corrected chi connectivity index (χ0v) is 11.2. The van der Waals surface area contributed by atoms with E-state index in [2.05, 4.69) is 5.32 Å². The summed E-state index contributed by atoms with van der Waals surface area (Å²) in [6.45, 7) is 2.26. The maximum Gasteiger partial charge on any atom is 0.237 e. The smallest absolute Gasteiger partial charge is 0.237 e. The summed E-state index contributed by atoms with van der Waals surface area (Å²) in [4.78, 5) is 11.9. The fourth-order valence-electron chi connectivity index (χ4n) is 2.31. The number of nitrogens with two attached hydrogens (primary N) is 1. The zero-order chi connectivity index (χ0) is 13.5. The van der Waals surface area contributed by atoms with Crippen molar-refractivity contribution in [2.24, 2.45) is 11.7 Å². The van der Waals surface area contributed by atoms with E-state index >= 15 is 0 Å². The van der Waals surface area contributed by atoms with Crippen LogP contribution in [0.15, 0.2) is 30.3 Å². The third-order valence-electron chi connectivity index (χ3n) is 3.45. The maximum absolute atomic E-state index is 11.9. The first-order valence-corrected chi connectivity index (χ1v) is 6.90. The van der Waals surface area contributed by atoms with Crippen molar-refractivity contribution in [1.82, 2.24) is 5.32 Å². The van der Waals surface area contributed by atoms with Gasteiger partial charge in [-0.1, -0.05) is 30.3 Å². The summed E-state index contributed by atoms with van der Waals surface area (Å²) < 4.78 is 5.39. The number of benzene rings is 1. The van der Waals surface area contributed by atoms with Gasteiger partial charge in [-0.3, -0.25) is 4.79 Å². The molecule has 1 amide bonds. The molecule has 1 aliphatic rings.